The number of hydrogen-bond acceptors (Lipinski definition) is 2. The Kier molecular flexibility index (Phi) is 3.85. The van der Waals surface area contributed by atoms with Crippen molar-refractivity contribution in [3.8, 4) is 11.5 Å². The summed E-state index contributed by atoms with van der Waals surface area (Å²) in [4.78, 5) is 0. The molecule has 0 bridgehead atoms. The van der Waals surface area contributed by atoms with Crippen LogP contribution in [-0.2, 0) is 6.54 Å². The van der Waals surface area contributed by atoms with Crippen LogP contribution in [0.2, 0.25) is 0 Å². The van der Waals surface area contributed by atoms with E-state index in [1.165, 1.54) is 18.4 Å². The van der Waals surface area contributed by atoms with Crippen molar-refractivity contribution in [3.05, 3.63) is 58.6 Å². The molecule has 1 N–H and O–H groups in total. The molecule has 0 radical (unpaired) electrons. The maximum absolute atomic E-state index is 5.86. The van der Waals surface area contributed by atoms with Gasteiger partial charge in [0, 0.05) is 17.1 Å². The molecule has 0 aromatic heterocycles. The normalized spacial score (nSPS) is 14.4. The van der Waals surface area contributed by atoms with Crippen LogP contribution in [0.3, 0.4) is 0 Å². The fourth-order valence-electron chi connectivity index (χ4n) is 1.94. The van der Waals surface area contributed by atoms with E-state index in [-0.39, 0.29) is 0 Å². The van der Waals surface area contributed by atoms with E-state index in [0.29, 0.717) is 0 Å². The maximum Gasteiger partial charge on any atom is 0.128 e. The molecule has 0 amide bonds. The topological polar surface area (TPSA) is 21.3 Å². The summed E-state index contributed by atoms with van der Waals surface area (Å²) in [7, 11) is 0. The predicted octanol–water partition coefficient (Wildman–Crippen LogP) is 4.49. The average Bonchev–Trinajstić information content (AvgIpc) is 3.21. The molecule has 1 saturated carbocycles. The quantitative estimate of drug-likeness (QED) is 0.877. The molecule has 0 atom stereocenters. The highest BCUT2D eigenvalue weighted by Crippen LogP contribution is 2.25. The minimum absolute atomic E-state index is 0.731. The van der Waals surface area contributed by atoms with Gasteiger partial charge < -0.3 is 10.1 Å². The summed E-state index contributed by atoms with van der Waals surface area (Å²) in [6, 6.07) is 16.9. The first-order valence-corrected chi connectivity index (χ1v) is 7.35. The fourth-order valence-corrected chi connectivity index (χ4v) is 2.31. The van der Waals surface area contributed by atoms with Crippen molar-refractivity contribution < 1.29 is 4.74 Å². The van der Waals surface area contributed by atoms with Gasteiger partial charge in [0.15, 0.2) is 0 Å². The van der Waals surface area contributed by atoms with Crippen LogP contribution < -0.4 is 10.1 Å². The van der Waals surface area contributed by atoms with E-state index in [0.717, 1.165) is 28.6 Å². The molecule has 98 valence electrons. The number of ether oxygens (including phenoxy) is 1. The Hall–Kier alpha value is -1.32. The first kappa shape index (κ1) is 12.7. The predicted molar refractivity (Wildman–Crippen MR) is 80.5 cm³/mol. The van der Waals surface area contributed by atoms with E-state index in [9.17, 15) is 0 Å². The number of benzene rings is 2. The van der Waals surface area contributed by atoms with Crippen molar-refractivity contribution in [3.63, 3.8) is 0 Å². The Morgan fingerprint density at radius 1 is 1.05 bits per heavy atom. The van der Waals surface area contributed by atoms with Gasteiger partial charge in [0.2, 0.25) is 0 Å². The zero-order chi connectivity index (χ0) is 13.1. The van der Waals surface area contributed by atoms with Gasteiger partial charge in [-0.2, -0.15) is 0 Å². The van der Waals surface area contributed by atoms with Gasteiger partial charge in [-0.3, -0.25) is 0 Å². The molecule has 3 rings (SSSR count). The molecule has 2 aromatic carbocycles. The van der Waals surface area contributed by atoms with Crippen LogP contribution in [0.4, 0.5) is 0 Å². The first-order chi connectivity index (χ1) is 9.29. The van der Waals surface area contributed by atoms with E-state index in [1.807, 2.05) is 36.4 Å². The zero-order valence-electron chi connectivity index (χ0n) is 10.6. The lowest BCUT2D eigenvalue weighted by Gasteiger charge is -2.08. The smallest absolute Gasteiger partial charge is 0.128 e. The molecular weight excluding hydrogens is 302 g/mol. The van der Waals surface area contributed by atoms with Crippen LogP contribution in [0, 0.1) is 0 Å². The Balaban J connectivity index is 1.67. The minimum atomic E-state index is 0.731. The third kappa shape index (κ3) is 3.82. The van der Waals surface area contributed by atoms with Crippen molar-refractivity contribution in [2.75, 3.05) is 0 Å². The molecule has 2 nitrogen and oxygen atoms in total. The van der Waals surface area contributed by atoms with Gasteiger partial charge in [0.1, 0.15) is 11.5 Å². The van der Waals surface area contributed by atoms with Gasteiger partial charge in [-0.05, 0) is 48.7 Å². The third-order valence-corrected chi connectivity index (χ3v) is 3.60. The van der Waals surface area contributed by atoms with Crippen molar-refractivity contribution in [1.29, 1.82) is 0 Å². The summed E-state index contributed by atoms with van der Waals surface area (Å²) >= 11 is 3.45. The van der Waals surface area contributed by atoms with Crippen LogP contribution in [0.1, 0.15) is 18.4 Å². The van der Waals surface area contributed by atoms with Gasteiger partial charge in [-0.15, -0.1) is 0 Å². The van der Waals surface area contributed by atoms with Crippen LogP contribution in [-0.4, -0.2) is 6.04 Å². The van der Waals surface area contributed by atoms with Crippen LogP contribution in [0.25, 0.3) is 0 Å². The monoisotopic (exact) mass is 317 g/mol. The molecule has 3 heteroatoms. The highest BCUT2D eigenvalue weighted by molar-refractivity contribution is 9.10. The van der Waals surface area contributed by atoms with Crippen molar-refractivity contribution >= 4 is 15.9 Å². The molecule has 2 aromatic rings. The molecule has 19 heavy (non-hydrogen) atoms. The van der Waals surface area contributed by atoms with E-state index in [2.05, 4.69) is 33.4 Å². The SMILES string of the molecule is Brc1cccc(Oc2cccc(CNC3CC3)c2)c1. The highest BCUT2D eigenvalue weighted by Gasteiger charge is 2.19. The van der Waals surface area contributed by atoms with Crippen LogP contribution >= 0.6 is 15.9 Å². The van der Waals surface area contributed by atoms with Crippen molar-refractivity contribution in [1.82, 2.24) is 5.32 Å². The second kappa shape index (κ2) is 5.76. The van der Waals surface area contributed by atoms with Gasteiger partial charge in [0.25, 0.3) is 0 Å². The second-order valence-electron chi connectivity index (χ2n) is 4.86. The first-order valence-electron chi connectivity index (χ1n) is 6.55. The molecule has 0 unspecified atom stereocenters. The summed E-state index contributed by atoms with van der Waals surface area (Å²) in [5.41, 5.74) is 1.26. The minimum Gasteiger partial charge on any atom is -0.457 e. The molecule has 0 saturated heterocycles. The molecule has 0 heterocycles. The maximum atomic E-state index is 5.86. The van der Waals surface area contributed by atoms with Gasteiger partial charge in [-0.1, -0.05) is 34.1 Å². The summed E-state index contributed by atoms with van der Waals surface area (Å²) in [6.07, 6.45) is 2.63. The van der Waals surface area contributed by atoms with E-state index < -0.39 is 0 Å². The number of nitrogens with one attached hydrogen (secondary N) is 1. The second-order valence-corrected chi connectivity index (χ2v) is 5.78. The lowest BCUT2D eigenvalue weighted by Crippen LogP contribution is -2.15. The van der Waals surface area contributed by atoms with Gasteiger partial charge >= 0.3 is 0 Å². The zero-order valence-corrected chi connectivity index (χ0v) is 12.2. The molecular formula is C16H16BrNO. The lowest BCUT2D eigenvalue weighted by molar-refractivity contribution is 0.481. The summed E-state index contributed by atoms with van der Waals surface area (Å²) < 4.78 is 6.89. The molecule has 1 aliphatic carbocycles. The molecule has 1 aliphatic rings. The summed E-state index contributed by atoms with van der Waals surface area (Å²) in [6.45, 7) is 0.917. The summed E-state index contributed by atoms with van der Waals surface area (Å²) in [5, 5.41) is 3.51. The van der Waals surface area contributed by atoms with Crippen molar-refractivity contribution in [2.24, 2.45) is 0 Å². The van der Waals surface area contributed by atoms with Gasteiger partial charge in [0.05, 0.1) is 0 Å². The van der Waals surface area contributed by atoms with E-state index in [4.69, 9.17) is 4.74 Å². The van der Waals surface area contributed by atoms with Gasteiger partial charge in [-0.25, -0.2) is 0 Å². The number of halogens is 1. The molecule has 1 fully saturated rings. The number of rotatable bonds is 5. The average molecular weight is 318 g/mol. The molecule has 0 spiro atoms. The standard InChI is InChI=1S/C16H16BrNO/c17-13-4-2-6-16(10-13)19-15-5-1-3-12(9-15)11-18-14-7-8-14/h1-6,9-10,14,18H,7-8,11H2. The Morgan fingerprint density at radius 3 is 2.53 bits per heavy atom. The highest BCUT2D eigenvalue weighted by atomic mass is 79.9. The lowest BCUT2D eigenvalue weighted by atomic mass is 10.2. The fraction of sp³-hybridized carbons (Fsp3) is 0.250. The Bertz CT molecular complexity index is 566. The van der Waals surface area contributed by atoms with Crippen molar-refractivity contribution in [2.45, 2.75) is 25.4 Å². The van der Waals surface area contributed by atoms with Crippen LogP contribution in [0.5, 0.6) is 11.5 Å². The summed E-state index contributed by atoms with van der Waals surface area (Å²) in [5.74, 6) is 1.73. The Labute approximate surface area is 121 Å². The molecule has 0 aliphatic heterocycles. The van der Waals surface area contributed by atoms with E-state index in [1.54, 1.807) is 0 Å². The van der Waals surface area contributed by atoms with Crippen LogP contribution in [0.15, 0.2) is 53.0 Å². The Morgan fingerprint density at radius 2 is 1.79 bits per heavy atom. The third-order valence-electron chi connectivity index (χ3n) is 3.10. The number of hydrogen-bond donors (Lipinski definition) is 1. The van der Waals surface area contributed by atoms with E-state index >= 15 is 0 Å². The largest absolute Gasteiger partial charge is 0.457 e.